The molecule has 2 aliphatic rings. The number of hydrogen-bond acceptors (Lipinski definition) is 0. The van der Waals surface area contributed by atoms with Crippen molar-refractivity contribution in [3.63, 3.8) is 0 Å². The van der Waals surface area contributed by atoms with Crippen molar-refractivity contribution in [2.24, 2.45) is 0 Å². The standard InChI is InChI=1S/C31H50/c1-4-5-6-7-8-9-10-11-12-13-14-15-16-17-18-19-21-28-24-25-30-26-29(27(2)3)22-20-23-31(28)30/h20,22-27H,4-19,21H2,1-3H3. The van der Waals surface area contributed by atoms with Gasteiger partial charge in [-0.15, -0.1) is 0 Å². The molecule has 2 rings (SSSR count). The Morgan fingerprint density at radius 2 is 1.10 bits per heavy atom. The summed E-state index contributed by atoms with van der Waals surface area (Å²) in [6.07, 6.45) is 24.3. The molecule has 0 aliphatic heterocycles. The van der Waals surface area contributed by atoms with Gasteiger partial charge in [-0.1, -0.05) is 153 Å². The van der Waals surface area contributed by atoms with Gasteiger partial charge in [-0.05, 0) is 41.0 Å². The topological polar surface area (TPSA) is 0 Å². The first-order valence-electron chi connectivity index (χ1n) is 13.7. The Labute approximate surface area is 194 Å². The van der Waals surface area contributed by atoms with Crippen LogP contribution < -0.4 is 0 Å². The van der Waals surface area contributed by atoms with Gasteiger partial charge in [-0.2, -0.15) is 0 Å². The van der Waals surface area contributed by atoms with Crippen LogP contribution in [0, 0.1) is 0 Å². The van der Waals surface area contributed by atoms with Gasteiger partial charge in [0.15, 0.2) is 0 Å². The summed E-state index contributed by atoms with van der Waals surface area (Å²) >= 11 is 0. The van der Waals surface area contributed by atoms with E-state index >= 15 is 0 Å². The highest BCUT2D eigenvalue weighted by molar-refractivity contribution is 5.71. The highest BCUT2D eigenvalue weighted by atomic mass is 14.1. The van der Waals surface area contributed by atoms with Gasteiger partial charge >= 0.3 is 0 Å². The molecule has 0 heterocycles. The fourth-order valence-electron chi connectivity index (χ4n) is 4.81. The normalized spacial score (nSPS) is 11.6. The average molecular weight is 423 g/mol. The third-order valence-corrected chi connectivity index (χ3v) is 6.96. The van der Waals surface area contributed by atoms with Crippen molar-refractivity contribution >= 4 is 0 Å². The summed E-state index contributed by atoms with van der Waals surface area (Å²) < 4.78 is 0. The third kappa shape index (κ3) is 10.7. The number of hydrogen-bond donors (Lipinski definition) is 0. The number of fused-ring (bicyclic) bond motifs is 1. The first kappa shape index (κ1) is 26.0. The summed E-state index contributed by atoms with van der Waals surface area (Å²) in [5, 5.41) is 0. The van der Waals surface area contributed by atoms with Crippen LogP contribution in [0.25, 0.3) is 11.1 Å². The van der Waals surface area contributed by atoms with E-state index in [1.54, 1.807) is 5.56 Å². The highest BCUT2D eigenvalue weighted by Gasteiger charge is 2.09. The third-order valence-electron chi connectivity index (χ3n) is 6.96. The van der Waals surface area contributed by atoms with Gasteiger partial charge in [0, 0.05) is 0 Å². The summed E-state index contributed by atoms with van der Waals surface area (Å²) in [6, 6.07) is 13.9. The van der Waals surface area contributed by atoms with E-state index in [1.807, 2.05) is 0 Å². The van der Waals surface area contributed by atoms with Gasteiger partial charge in [0.25, 0.3) is 0 Å². The lowest BCUT2D eigenvalue weighted by Gasteiger charge is -2.05. The van der Waals surface area contributed by atoms with Crippen molar-refractivity contribution in [3.8, 4) is 11.1 Å². The molecule has 0 saturated carbocycles. The molecule has 0 heteroatoms. The predicted octanol–water partition coefficient (Wildman–Crippen LogP) is 10.7. The fourth-order valence-corrected chi connectivity index (χ4v) is 4.81. The Balaban J connectivity index is 1.44. The Morgan fingerprint density at radius 3 is 1.61 bits per heavy atom. The van der Waals surface area contributed by atoms with E-state index in [0.717, 1.165) is 0 Å². The van der Waals surface area contributed by atoms with E-state index in [1.165, 1.54) is 126 Å². The van der Waals surface area contributed by atoms with Crippen molar-refractivity contribution in [3.05, 3.63) is 47.5 Å². The smallest absolute Gasteiger partial charge is 0.0152 e. The maximum Gasteiger partial charge on any atom is -0.0152 e. The van der Waals surface area contributed by atoms with Crippen LogP contribution in [0.1, 0.15) is 141 Å². The van der Waals surface area contributed by atoms with Crippen molar-refractivity contribution < 1.29 is 0 Å². The second-order valence-corrected chi connectivity index (χ2v) is 10.1. The quantitative estimate of drug-likeness (QED) is 0.209. The molecule has 0 aromatic heterocycles. The second kappa shape index (κ2) is 16.3. The molecule has 0 radical (unpaired) electrons. The first-order chi connectivity index (χ1) is 15.2. The lowest BCUT2D eigenvalue weighted by atomic mass is 10.0. The van der Waals surface area contributed by atoms with Crippen LogP contribution in [0.2, 0.25) is 0 Å². The van der Waals surface area contributed by atoms with Crippen LogP contribution in [0.15, 0.2) is 36.4 Å². The second-order valence-electron chi connectivity index (χ2n) is 10.1. The van der Waals surface area contributed by atoms with Crippen LogP contribution in [0.4, 0.5) is 0 Å². The maximum absolute atomic E-state index is 2.39. The number of aryl methyl sites for hydroxylation is 1. The van der Waals surface area contributed by atoms with Gasteiger partial charge in [-0.25, -0.2) is 0 Å². The Bertz CT molecular complexity index is 653. The summed E-state index contributed by atoms with van der Waals surface area (Å²) in [5.41, 5.74) is 5.87. The minimum absolute atomic E-state index is 0.592. The van der Waals surface area contributed by atoms with Gasteiger partial charge in [0.1, 0.15) is 0 Å². The maximum atomic E-state index is 2.39. The Hall–Kier alpha value is -1.30. The van der Waals surface area contributed by atoms with Crippen LogP contribution >= 0.6 is 0 Å². The zero-order valence-electron chi connectivity index (χ0n) is 21.1. The fraction of sp³-hybridized carbons (Fsp3) is 0.677. The van der Waals surface area contributed by atoms with Gasteiger partial charge in [0.2, 0.25) is 0 Å². The Morgan fingerprint density at radius 1 is 0.581 bits per heavy atom. The SMILES string of the molecule is CCCCCCCCCCCCCCCCCCc1ccc2cc(C(C)C)cccc1-2. The molecular weight excluding hydrogens is 372 g/mol. The van der Waals surface area contributed by atoms with Crippen LogP contribution in [-0.2, 0) is 6.42 Å². The van der Waals surface area contributed by atoms with Crippen LogP contribution in [0.5, 0.6) is 0 Å². The molecule has 0 unspecified atom stereocenters. The van der Waals surface area contributed by atoms with E-state index in [9.17, 15) is 0 Å². The lowest BCUT2D eigenvalue weighted by molar-refractivity contribution is 0.529. The van der Waals surface area contributed by atoms with Crippen molar-refractivity contribution in [1.29, 1.82) is 0 Å². The summed E-state index contributed by atoms with van der Waals surface area (Å²) in [5.74, 6) is 0.592. The molecule has 0 spiro atoms. The van der Waals surface area contributed by atoms with Crippen molar-refractivity contribution in [2.45, 2.75) is 136 Å². The average Bonchev–Trinajstić information content (AvgIpc) is 3.00. The molecule has 0 aromatic rings. The molecule has 0 bridgehead atoms. The summed E-state index contributed by atoms with van der Waals surface area (Å²) in [6.45, 7) is 6.86. The van der Waals surface area contributed by atoms with E-state index in [0.29, 0.717) is 5.92 Å². The molecule has 31 heavy (non-hydrogen) atoms. The molecule has 0 nitrogen and oxygen atoms in total. The lowest BCUT2D eigenvalue weighted by Crippen LogP contribution is -1.87. The molecular formula is C31H50. The number of rotatable bonds is 18. The molecule has 0 fully saturated rings. The molecule has 174 valence electrons. The monoisotopic (exact) mass is 422 g/mol. The molecule has 2 aliphatic carbocycles. The van der Waals surface area contributed by atoms with E-state index < -0.39 is 0 Å². The van der Waals surface area contributed by atoms with Gasteiger partial charge in [-0.3, -0.25) is 0 Å². The minimum Gasteiger partial charge on any atom is -0.0654 e. The van der Waals surface area contributed by atoms with Gasteiger partial charge < -0.3 is 0 Å². The molecule has 0 aromatic carbocycles. The summed E-state index contributed by atoms with van der Waals surface area (Å²) in [4.78, 5) is 0. The Kier molecular flexibility index (Phi) is 13.7. The summed E-state index contributed by atoms with van der Waals surface area (Å²) in [7, 11) is 0. The van der Waals surface area contributed by atoms with E-state index in [2.05, 4.69) is 57.2 Å². The zero-order chi connectivity index (χ0) is 22.2. The molecule has 0 atom stereocenters. The van der Waals surface area contributed by atoms with Crippen LogP contribution in [0.3, 0.4) is 0 Å². The largest absolute Gasteiger partial charge is 0.0654 e. The molecule has 0 saturated heterocycles. The number of unbranched alkanes of at least 4 members (excludes halogenated alkanes) is 15. The predicted molar refractivity (Wildman–Crippen MR) is 140 cm³/mol. The minimum atomic E-state index is 0.592. The molecule has 0 N–H and O–H groups in total. The van der Waals surface area contributed by atoms with Gasteiger partial charge in [0.05, 0.1) is 0 Å². The van der Waals surface area contributed by atoms with Crippen molar-refractivity contribution in [2.75, 3.05) is 0 Å². The van der Waals surface area contributed by atoms with E-state index in [4.69, 9.17) is 0 Å². The highest BCUT2D eigenvalue weighted by Crippen LogP contribution is 2.30. The first-order valence-corrected chi connectivity index (χ1v) is 13.7. The van der Waals surface area contributed by atoms with Crippen LogP contribution in [-0.4, -0.2) is 0 Å². The zero-order valence-corrected chi connectivity index (χ0v) is 21.1. The molecule has 0 amide bonds. The van der Waals surface area contributed by atoms with E-state index in [-0.39, 0.29) is 0 Å². The van der Waals surface area contributed by atoms with Crippen molar-refractivity contribution in [1.82, 2.24) is 0 Å².